The molecular weight excluding hydrogens is 212 g/mol. The first kappa shape index (κ1) is 13.6. The maximum absolute atomic E-state index is 9.61. The molecule has 17 heavy (non-hydrogen) atoms. The lowest BCUT2D eigenvalue weighted by atomic mass is 9.76. The Hall–Kier alpha value is -1.44. The molecule has 0 aliphatic heterocycles. The minimum Gasteiger partial charge on any atom is -0.504 e. The smallest absolute Gasteiger partial charge is 0.160 e. The zero-order valence-corrected chi connectivity index (χ0v) is 11.3. The highest BCUT2D eigenvalue weighted by molar-refractivity contribution is 5.44. The Balaban J connectivity index is 3.20. The van der Waals surface area contributed by atoms with Gasteiger partial charge in [0.15, 0.2) is 11.5 Å². The number of phenols is 1. The average molecular weight is 234 g/mol. The van der Waals surface area contributed by atoms with Gasteiger partial charge < -0.3 is 9.84 Å². The highest BCUT2D eigenvalue weighted by Crippen LogP contribution is 2.39. The van der Waals surface area contributed by atoms with Gasteiger partial charge in [-0.05, 0) is 30.0 Å². The number of methoxy groups -OCH3 is 1. The minimum atomic E-state index is 0.133. The van der Waals surface area contributed by atoms with Crippen LogP contribution in [0.1, 0.15) is 39.2 Å². The second kappa shape index (κ2) is 5.26. The predicted octanol–water partition coefficient (Wildman–Crippen LogP) is 4.11. The molecule has 1 aromatic rings. The van der Waals surface area contributed by atoms with E-state index in [1.807, 2.05) is 19.1 Å². The number of ether oxygens (including phenoxy) is 1. The van der Waals surface area contributed by atoms with Crippen LogP contribution in [0, 0.1) is 5.41 Å². The molecule has 1 unspecified atom stereocenters. The first-order chi connectivity index (χ1) is 7.90. The fourth-order valence-corrected chi connectivity index (χ4v) is 1.98. The van der Waals surface area contributed by atoms with E-state index < -0.39 is 0 Å². The third-order valence-electron chi connectivity index (χ3n) is 2.88. The highest BCUT2D eigenvalue weighted by atomic mass is 16.5. The van der Waals surface area contributed by atoms with E-state index in [0.29, 0.717) is 11.7 Å². The van der Waals surface area contributed by atoms with Crippen LogP contribution in [0.25, 0.3) is 0 Å². The molecule has 0 bridgehead atoms. The summed E-state index contributed by atoms with van der Waals surface area (Å²) in [5.41, 5.74) is 1.29. The van der Waals surface area contributed by atoms with Crippen molar-refractivity contribution < 1.29 is 9.84 Å². The van der Waals surface area contributed by atoms with E-state index in [2.05, 4.69) is 32.9 Å². The lowest BCUT2D eigenvalue weighted by Crippen LogP contribution is -2.16. The maximum atomic E-state index is 9.61. The van der Waals surface area contributed by atoms with Gasteiger partial charge in [-0.3, -0.25) is 0 Å². The molecule has 0 saturated carbocycles. The van der Waals surface area contributed by atoms with E-state index in [4.69, 9.17) is 4.74 Å². The Kier molecular flexibility index (Phi) is 4.22. The molecule has 2 heteroatoms. The molecule has 2 nitrogen and oxygen atoms in total. The molecule has 1 rings (SSSR count). The van der Waals surface area contributed by atoms with Gasteiger partial charge in [0, 0.05) is 5.92 Å². The molecule has 0 heterocycles. The normalized spacial score (nSPS) is 13.9. The van der Waals surface area contributed by atoms with Crippen LogP contribution in [-0.4, -0.2) is 12.2 Å². The van der Waals surface area contributed by atoms with E-state index in [0.717, 1.165) is 5.56 Å². The quantitative estimate of drug-likeness (QED) is 0.798. The Bertz CT molecular complexity index is 400. The molecule has 0 amide bonds. The Morgan fingerprint density at radius 3 is 2.41 bits per heavy atom. The van der Waals surface area contributed by atoms with Crippen molar-refractivity contribution in [2.45, 2.75) is 33.6 Å². The van der Waals surface area contributed by atoms with E-state index in [9.17, 15) is 5.11 Å². The topological polar surface area (TPSA) is 29.5 Å². The monoisotopic (exact) mass is 234 g/mol. The molecule has 0 aromatic heterocycles. The molecule has 1 atom stereocenters. The van der Waals surface area contributed by atoms with Crippen molar-refractivity contribution in [1.82, 2.24) is 0 Å². The highest BCUT2D eigenvalue weighted by Gasteiger charge is 2.24. The second-order valence-electron chi connectivity index (χ2n) is 5.30. The first-order valence-corrected chi connectivity index (χ1v) is 5.90. The van der Waals surface area contributed by atoms with E-state index in [1.54, 1.807) is 13.2 Å². The summed E-state index contributed by atoms with van der Waals surface area (Å²) < 4.78 is 5.15. The molecule has 94 valence electrons. The molecule has 0 aliphatic rings. The van der Waals surface area contributed by atoms with Gasteiger partial charge in [-0.15, -0.1) is 0 Å². The van der Waals surface area contributed by atoms with E-state index >= 15 is 0 Å². The second-order valence-corrected chi connectivity index (χ2v) is 5.30. The molecule has 0 spiro atoms. The predicted molar refractivity (Wildman–Crippen MR) is 71.7 cm³/mol. The van der Waals surface area contributed by atoms with Crippen molar-refractivity contribution in [2.75, 3.05) is 7.11 Å². The van der Waals surface area contributed by atoms with Crippen molar-refractivity contribution in [1.29, 1.82) is 0 Å². The Labute approximate surface area is 104 Å². The summed E-state index contributed by atoms with van der Waals surface area (Å²) in [5, 5.41) is 9.61. The van der Waals surface area contributed by atoms with Gasteiger partial charge >= 0.3 is 0 Å². The van der Waals surface area contributed by atoms with Gasteiger partial charge in [0.25, 0.3) is 0 Å². The molecule has 0 aliphatic carbocycles. The van der Waals surface area contributed by atoms with Crippen LogP contribution in [0.3, 0.4) is 0 Å². The third kappa shape index (κ3) is 3.26. The average Bonchev–Trinajstić information content (AvgIpc) is 2.25. The summed E-state index contributed by atoms with van der Waals surface area (Å²) in [6, 6.07) is 5.55. The van der Waals surface area contributed by atoms with E-state index in [-0.39, 0.29) is 11.2 Å². The maximum Gasteiger partial charge on any atom is 0.160 e. The van der Waals surface area contributed by atoms with Crippen LogP contribution in [-0.2, 0) is 0 Å². The number of allylic oxidation sites excluding steroid dienone is 2. The fraction of sp³-hybridized carbons (Fsp3) is 0.467. The summed E-state index contributed by atoms with van der Waals surface area (Å²) in [4.78, 5) is 0. The SMILES string of the molecule is C/C=C/C(c1ccc(O)c(OC)c1)C(C)(C)C. The summed E-state index contributed by atoms with van der Waals surface area (Å²) in [6.07, 6.45) is 4.25. The molecule has 0 fully saturated rings. The summed E-state index contributed by atoms with van der Waals surface area (Å²) in [7, 11) is 1.57. The van der Waals surface area contributed by atoms with Crippen molar-refractivity contribution in [3.05, 3.63) is 35.9 Å². The molecule has 0 saturated heterocycles. The first-order valence-electron chi connectivity index (χ1n) is 5.90. The Morgan fingerprint density at radius 1 is 1.29 bits per heavy atom. The van der Waals surface area contributed by atoms with Gasteiger partial charge in [-0.25, -0.2) is 0 Å². The zero-order valence-electron chi connectivity index (χ0n) is 11.3. The number of aromatic hydroxyl groups is 1. The van der Waals surface area contributed by atoms with Crippen LogP contribution in [0.4, 0.5) is 0 Å². The van der Waals surface area contributed by atoms with Crippen LogP contribution < -0.4 is 4.74 Å². The zero-order chi connectivity index (χ0) is 13.1. The van der Waals surface area contributed by atoms with Crippen molar-refractivity contribution in [3.8, 4) is 11.5 Å². The number of hydrogen-bond donors (Lipinski definition) is 1. The fourth-order valence-electron chi connectivity index (χ4n) is 1.98. The largest absolute Gasteiger partial charge is 0.504 e. The van der Waals surface area contributed by atoms with Crippen molar-refractivity contribution >= 4 is 0 Å². The standard InChI is InChI=1S/C15H22O2/c1-6-7-12(15(2,3)4)11-8-9-13(16)14(10-11)17-5/h6-10,12,16H,1-5H3/b7-6+. The molecule has 0 radical (unpaired) electrons. The number of rotatable bonds is 3. The molecule has 1 N–H and O–H groups in total. The van der Waals surface area contributed by atoms with Gasteiger partial charge in [-0.2, -0.15) is 0 Å². The molecular formula is C15H22O2. The van der Waals surface area contributed by atoms with Crippen LogP contribution in [0.5, 0.6) is 11.5 Å². The van der Waals surface area contributed by atoms with Crippen molar-refractivity contribution in [2.24, 2.45) is 5.41 Å². The third-order valence-corrected chi connectivity index (χ3v) is 2.88. The lowest BCUT2D eigenvalue weighted by Gasteiger charge is -2.29. The number of benzene rings is 1. The Morgan fingerprint density at radius 2 is 1.94 bits per heavy atom. The lowest BCUT2D eigenvalue weighted by molar-refractivity contribution is 0.357. The van der Waals surface area contributed by atoms with Gasteiger partial charge in [0.05, 0.1) is 7.11 Å². The van der Waals surface area contributed by atoms with Gasteiger partial charge in [0.1, 0.15) is 0 Å². The summed E-state index contributed by atoms with van der Waals surface area (Å²) in [5.74, 6) is 1.02. The summed E-state index contributed by atoms with van der Waals surface area (Å²) >= 11 is 0. The van der Waals surface area contributed by atoms with Crippen LogP contribution in [0.2, 0.25) is 0 Å². The van der Waals surface area contributed by atoms with E-state index in [1.165, 1.54) is 0 Å². The van der Waals surface area contributed by atoms with Crippen LogP contribution in [0.15, 0.2) is 30.4 Å². The van der Waals surface area contributed by atoms with Gasteiger partial charge in [0.2, 0.25) is 0 Å². The minimum absolute atomic E-state index is 0.133. The molecule has 1 aromatic carbocycles. The number of hydrogen-bond acceptors (Lipinski definition) is 2. The summed E-state index contributed by atoms with van der Waals surface area (Å²) in [6.45, 7) is 8.64. The van der Waals surface area contributed by atoms with Crippen LogP contribution >= 0.6 is 0 Å². The van der Waals surface area contributed by atoms with Crippen molar-refractivity contribution in [3.63, 3.8) is 0 Å². The number of phenolic OH excluding ortho intramolecular Hbond substituents is 1. The van der Waals surface area contributed by atoms with Gasteiger partial charge in [-0.1, -0.05) is 39.0 Å².